The van der Waals surface area contributed by atoms with Gasteiger partial charge < -0.3 is 10.5 Å². The SMILES string of the molecule is COCCN(C(C)C1CC1)C1CC(C)CCC1N. The van der Waals surface area contributed by atoms with Gasteiger partial charge in [0.15, 0.2) is 0 Å². The van der Waals surface area contributed by atoms with Crippen LogP contribution in [0, 0.1) is 11.8 Å². The van der Waals surface area contributed by atoms with Crippen LogP contribution in [0.2, 0.25) is 0 Å². The Balaban J connectivity index is 2.00. The second kappa shape index (κ2) is 6.36. The Bertz CT molecular complexity index is 255. The average Bonchev–Trinajstić information content (AvgIpc) is 3.17. The molecule has 0 bridgehead atoms. The molecule has 18 heavy (non-hydrogen) atoms. The molecule has 2 aliphatic rings. The summed E-state index contributed by atoms with van der Waals surface area (Å²) in [6, 6.07) is 1.61. The van der Waals surface area contributed by atoms with E-state index in [-0.39, 0.29) is 0 Å². The molecule has 0 amide bonds. The highest BCUT2D eigenvalue weighted by atomic mass is 16.5. The first kappa shape index (κ1) is 14.3. The molecule has 0 heterocycles. The molecular weight excluding hydrogens is 224 g/mol. The minimum Gasteiger partial charge on any atom is -0.383 e. The van der Waals surface area contributed by atoms with Gasteiger partial charge in [0.25, 0.3) is 0 Å². The first-order chi connectivity index (χ1) is 8.63. The first-order valence-corrected chi connectivity index (χ1v) is 7.63. The minimum absolute atomic E-state index is 0.360. The zero-order valence-corrected chi connectivity index (χ0v) is 12.3. The van der Waals surface area contributed by atoms with E-state index < -0.39 is 0 Å². The van der Waals surface area contributed by atoms with E-state index in [9.17, 15) is 0 Å². The molecule has 0 aliphatic heterocycles. The number of nitrogens with zero attached hydrogens (tertiary/aromatic N) is 1. The molecular formula is C15H30N2O. The molecule has 2 aliphatic carbocycles. The molecule has 0 spiro atoms. The molecule has 0 aromatic carbocycles. The van der Waals surface area contributed by atoms with Crippen LogP contribution in [-0.4, -0.2) is 43.3 Å². The van der Waals surface area contributed by atoms with Gasteiger partial charge in [0.05, 0.1) is 6.61 Å². The molecule has 3 nitrogen and oxygen atoms in total. The van der Waals surface area contributed by atoms with Crippen molar-refractivity contribution in [1.82, 2.24) is 4.90 Å². The van der Waals surface area contributed by atoms with E-state index in [0.29, 0.717) is 18.1 Å². The van der Waals surface area contributed by atoms with E-state index in [2.05, 4.69) is 18.7 Å². The Kier molecular flexibility index (Phi) is 5.05. The lowest BCUT2D eigenvalue weighted by Crippen LogP contribution is -2.55. The van der Waals surface area contributed by atoms with Crippen molar-refractivity contribution in [2.75, 3.05) is 20.3 Å². The van der Waals surface area contributed by atoms with E-state index >= 15 is 0 Å². The van der Waals surface area contributed by atoms with E-state index in [1.807, 2.05) is 0 Å². The number of nitrogens with two attached hydrogens (primary N) is 1. The van der Waals surface area contributed by atoms with Crippen LogP contribution in [0.1, 0.15) is 46.0 Å². The van der Waals surface area contributed by atoms with Crippen molar-refractivity contribution in [2.45, 2.75) is 64.1 Å². The maximum Gasteiger partial charge on any atom is 0.0589 e. The van der Waals surface area contributed by atoms with Crippen molar-refractivity contribution in [3.63, 3.8) is 0 Å². The van der Waals surface area contributed by atoms with Gasteiger partial charge in [-0.15, -0.1) is 0 Å². The second-order valence-corrected chi connectivity index (χ2v) is 6.46. The molecule has 2 rings (SSSR count). The summed E-state index contributed by atoms with van der Waals surface area (Å²) in [5.41, 5.74) is 6.39. The predicted molar refractivity (Wildman–Crippen MR) is 75.5 cm³/mol. The van der Waals surface area contributed by atoms with E-state index in [1.165, 1.54) is 32.1 Å². The Labute approximate surface area is 112 Å². The van der Waals surface area contributed by atoms with Crippen molar-refractivity contribution in [3.05, 3.63) is 0 Å². The standard InChI is InChI=1S/C15H30N2O/c1-11-4-7-14(16)15(10-11)17(8-9-18-3)12(2)13-5-6-13/h11-15H,4-10,16H2,1-3H3. The maximum absolute atomic E-state index is 6.39. The zero-order chi connectivity index (χ0) is 13.1. The molecule has 4 unspecified atom stereocenters. The topological polar surface area (TPSA) is 38.5 Å². The Morgan fingerprint density at radius 2 is 2.00 bits per heavy atom. The summed E-state index contributed by atoms with van der Waals surface area (Å²) in [7, 11) is 1.80. The normalized spacial score (nSPS) is 34.8. The fourth-order valence-electron chi connectivity index (χ4n) is 3.47. The lowest BCUT2D eigenvalue weighted by molar-refractivity contribution is 0.0452. The molecule has 2 N–H and O–H groups in total. The molecule has 3 heteroatoms. The van der Waals surface area contributed by atoms with Gasteiger partial charge in [0.1, 0.15) is 0 Å². The number of hydrogen-bond donors (Lipinski definition) is 1. The maximum atomic E-state index is 6.39. The average molecular weight is 254 g/mol. The summed E-state index contributed by atoms with van der Waals surface area (Å²) in [5, 5.41) is 0. The van der Waals surface area contributed by atoms with Gasteiger partial charge >= 0.3 is 0 Å². The van der Waals surface area contributed by atoms with Crippen LogP contribution in [-0.2, 0) is 4.74 Å². The predicted octanol–water partition coefficient (Wildman–Crippen LogP) is 2.25. The van der Waals surface area contributed by atoms with Gasteiger partial charge in [-0.3, -0.25) is 4.90 Å². The Hall–Kier alpha value is -0.120. The van der Waals surface area contributed by atoms with E-state index in [0.717, 1.165) is 25.0 Å². The van der Waals surface area contributed by atoms with E-state index in [4.69, 9.17) is 10.5 Å². The van der Waals surface area contributed by atoms with Gasteiger partial charge in [-0.25, -0.2) is 0 Å². The second-order valence-electron chi connectivity index (χ2n) is 6.46. The van der Waals surface area contributed by atoms with Crippen LogP contribution in [0.3, 0.4) is 0 Å². The summed E-state index contributed by atoms with van der Waals surface area (Å²) in [6.07, 6.45) is 6.56. The molecule has 0 aromatic heterocycles. The number of methoxy groups -OCH3 is 1. The van der Waals surface area contributed by atoms with Crippen molar-refractivity contribution in [3.8, 4) is 0 Å². The van der Waals surface area contributed by atoms with Crippen molar-refractivity contribution in [1.29, 1.82) is 0 Å². The Morgan fingerprint density at radius 3 is 2.61 bits per heavy atom. The summed E-state index contributed by atoms with van der Waals surface area (Å²) in [6.45, 7) is 6.63. The lowest BCUT2D eigenvalue weighted by Gasteiger charge is -2.43. The van der Waals surface area contributed by atoms with Crippen LogP contribution in [0.5, 0.6) is 0 Å². The monoisotopic (exact) mass is 254 g/mol. The fourth-order valence-corrected chi connectivity index (χ4v) is 3.47. The highest BCUT2D eigenvalue weighted by Crippen LogP contribution is 2.38. The summed E-state index contributed by atoms with van der Waals surface area (Å²) in [4.78, 5) is 2.65. The third kappa shape index (κ3) is 3.46. The van der Waals surface area contributed by atoms with Crippen molar-refractivity contribution in [2.24, 2.45) is 17.6 Å². The van der Waals surface area contributed by atoms with Crippen molar-refractivity contribution >= 4 is 0 Å². The van der Waals surface area contributed by atoms with Crippen LogP contribution in [0.15, 0.2) is 0 Å². The third-order valence-corrected chi connectivity index (χ3v) is 4.94. The van der Waals surface area contributed by atoms with Crippen LogP contribution in [0.4, 0.5) is 0 Å². The minimum atomic E-state index is 0.360. The summed E-state index contributed by atoms with van der Waals surface area (Å²) in [5.74, 6) is 1.73. The Morgan fingerprint density at radius 1 is 1.28 bits per heavy atom. The number of rotatable bonds is 6. The highest BCUT2D eigenvalue weighted by molar-refractivity contribution is 4.94. The largest absolute Gasteiger partial charge is 0.383 e. The highest BCUT2D eigenvalue weighted by Gasteiger charge is 2.38. The van der Waals surface area contributed by atoms with Crippen LogP contribution >= 0.6 is 0 Å². The number of hydrogen-bond acceptors (Lipinski definition) is 3. The van der Waals surface area contributed by atoms with Gasteiger partial charge in [0, 0.05) is 31.8 Å². The summed E-state index contributed by atoms with van der Waals surface area (Å²) < 4.78 is 5.29. The van der Waals surface area contributed by atoms with Crippen LogP contribution in [0.25, 0.3) is 0 Å². The summed E-state index contributed by atoms with van der Waals surface area (Å²) >= 11 is 0. The van der Waals surface area contributed by atoms with Gasteiger partial charge in [-0.1, -0.05) is 6.92 Å². The molecule has 0 radical (unpaired) electrons. The van der Waals surface area contributed by atoms with Crippen molar-refractivity contribution < 1.29 is 4.74 Å². The van der Waals surface area contributed by atoms with Crippen LogP contribution < -0.4 is 5.73 Å². The third-order valence-electron chi connectivity index (χ3n) is 4.94. The lowest BCUT2D eigenvalue weighted by atomic mass is 9.82. The molecule has 2 fully saturated rings. The van der Waals surface area contributed by atoms with Gasteiger partial charge in [-0.2, -0.15) is 0 Å². The van der Waals surface area contributed by atoms with Gasteiger partial charge in [0.2, 0.25) is 0 Å². The molecule has 0 aromatic rings. The van der Waals surface area contributed by atoms with E-state index in [1.54, 1.807) is 7.11 Å². The fraction of sp³-hybridized carbons (Fsp3) is 1.00. The molecule has 4 atom stereocenters. The van der Waals surface area contributed by atoms with Gasteiger partial charge in [-0.05, 0) is 50.9 Å². The molecule has 2 saturated carbocycles. The quantitative estimate of drug-likeness (QED) is 0.790. The zero-order valence-electron chi connectivity index (χ0n) is 12.3. The first-order valence-electron chi connectivity index (χ1n) is 7.63. The molecule has 106 valence electrons. The number of ether oxygens (including phenoxy) is 1. The molecule has 0 saturated heterocycles. The smallest absolute Gasteiger partial charge is 0.0589 e.